The van der Waals surface area contributed by atoms with E-state index in [1.54, 1.807) is 12.1 Å². The van der Waals surface area contributed by atoms with Crippen LogP contribution < -0.4 is 5.32 Å². The number of carbonyl (C=O) groups excluding carboxylic acids is 1. The van der Waals surface area contributed by atoms with Crippen molar-refractivity contribution in [3.8, 4) is 0 Å². The number of amides is 1. The minimum Gasteiger partial charge on any atom is -0.447 e. The number of oxazole rings is 1. The van der Waals surface area contributed by atoms with Crippen molar-refractivity contribution >= 4 is 5.91 Å². The molecule has 0 atom stereocenters. The van der Waals surface area contributed by atoms with E-state index in [2.05, 4.69) is 27.3 Å². The van der Waals surface area contributed by atoms with E-state index in [1.165, 1.54) is 18.4 Å². The van der Waals surface area contributed by atoms with Gasteiger partial charge in [-0.25, -0.2) is 9.37 Å². The van der Waals surface area contributed by atoms with E-state index < -0.39 is 0 Å². The normalized spacial score (nSPS) is 11.2. The van der Waals surface area contributed by atoms with Gasteiger partial charge in [0, 0.05) is 19.1 Å². The molecule has 3 aromatic rings. The van der Waals surface area contributed by atoms with E-state index in [0.29, 0.717) is 25.5 Å². The van der Waals surface area contributed by atoms with Crippen LogP contribution in [0.25, 0.3) is 0 Å². The summed E-state index contributed by atoms with van der Waals surface area (Å²) in [5.41, 5.74) is 2.40. The van der Waals surface area contributed by atoms with Gasteiger partial charge in [0.05, 0.1) is 6.54 Å². The Kier molecular flexibility index (Phi) is 6.55. The average Bonchev–Trinajstić information content (AvgIpc) is 3.12. The van der Waals surface area contributed by atoms with Crippen molar-refractivity contribution in [2.45, 2.75) is 39.5 Å². The number of hydrogen-bond donors (Lipinski definition) is 1. The summed E-state index contributed by atoms with van der Waals surface area (Å²) in [6.45, 7) is 5.49. The number of nitrogens with one attached hydrogen (secondary N) is 1. The van der Waals surface area contributed by atoms with Gasteiger partial charge < -0.3 is 9.73 Å². The van der Waals surface area contributed by atoms with Crippen LogP contribution in [0.15, 0.2) is 65.3 Å². The van der Waals surface area contributed by atoms with Crippen LogP contribution >= 0.6 is 0 Å². The molecule has 0 unspecified atom stereocenters. The molecule has 1 aromatic heterocycles. The largest absolute Gasteiger partial charge is 0.447 e. The summed E-state index contributed by atoms with van der Waals surface area (Å²) in [5, 5.41) is 2.80. The monoisotopic (exact) mass is 381 g/mol. The topological polar surface area (TPSA) is 58.4 Å². The molecule has 2 aromatic carbocycles. The fourth-order valence-electron chi connectivity index (χ4n) is 2.87. The van der Waals surface area contributed by atoms with Crippen molar-refractivity contribution in [2.75, 3.05) is 0 Å². The number of rotatable bonds is 8. The first-order chi connectivity index (χ1) is 13.5. The summed E-state index contributed by atoms with van der Waals surface area (Å²) < 4.78 is 18.7. The summed E-state index contributed by atoms with van der Waals surface area (Å²) in [4.78, 5) is 18.5. The highest BCUT2D eigenvalue weighted by atomic mass is 19.1. The SMILES string of the molecule is CC(C)NC(=O)c1coc(CN(Cc2ccccc2)Cc2ccc(F)cc2)n1. The van der Waals surface area contributed by atoms with E-state index >= 15 is 0 Å². The van der Waals surface area contributed by atoms with Gasteiger partial charge in [-0.2, -0.15) is 0 Å². The molecular weight excluding hydrogens is 357 g/mol. The number of halogens is 1. The Hall–Kier alpha value is -2.99. The Morgan fingerprint density at radius 3 is 2.32 bits per heavy atom. The predicted octanol–water partition coefficient (Wildman–Crippen LogP) is 4.15. The molecule has 3 rings (SSSR count). The van der Waals surface area contributed by atoms with Gasteiger partial charge in [0.25, 0.3) is 5.91 Å². The molecule has 0 bridgehead atoms. The van der Waals surface area contributed by atoms with Crippen molar-refractivity contribution < 1.29 is 13.6 Å². The highest BCUT2D eigenvalue weighted by Crippen LogP contribution is 2.15. The molecule has 0 fully saturated rings. The van der Waals surface area contributed by atoms with Crippen molar-refractivity contribution in [3.05, 3.63) is 89.4 Å². The number of benzene rings is 2. The average molecular weight is 381 g/mol. The van der Waals surface area contributed by atoms with Crippen LogP contribution in [0.4, 0.5) is 4.39 Å². The fourth-order valence-corrected chi connectivity index (χ4v) is 2.87. The quantitative estimate of drug-likeness (QED) is 0.637. The minimum atomic E-state index is -0.258. The third-order valence-corrected chi connectivity index (χ3v) is 4.13. The van der Waals surface area contributed by atoms with Crippen LogP contribution in [0.3, 0.4) is 0 Å². The smallest absolute Gasteiger partial charge is 0.273 e. The Morgan fingerprint density at radius 1 is 1.04 bits per heavy atom. The molecule has 1 amide bonds. The third kappa shape index (κ3) is 5.76. The molecular formula is C22H24FN3O2. The number of nitrogens with zero attached hydrogens (tertiary/aromatic N) is 2. The van der Waals surface area contributed by atoms with E-state index in [0.717, 1.165) is 11.1 Å². The summed E-state index contributed by atoms with van der Waals surface area (Å²) >= 11 is 0. The van der Waals surface area contributed by atoms with Gasteiger partial charge in [-0.1, -0.05) is 42.5 Å². The maximum Gasteiger partial charge on any atom is 0.273 e. The van der Waals surface area contributed by atoms with Crippen LogP contribution in [-0.2, 0) is 19.6 Å². The summed E-state index contributed by atoms with van der Waals surface area (Å²) in [6.07, 6.45) is 1.38. The van der Waals surface area contributed by atoms with Crippen LogP contribution in [-0.4, -0.2) is 21.8 Å². The van der Waals surface area contributed by atoms with Gasteiger partial charge in [-0.3, -0.25) is 9.69 Å². The highest BCUT2D eigenvalue weighted by Gasteiger charge is 2.16. The molecule has 0 aliphatic carbocycles. The lowest BCUT2D eigenvalue weighted by atomic mass is 10.1. The fraction of sp³-hybridized carbons (Fsp3) is 0.273. The Bertz CT molecular complexity index is 892. The summed E-state index contributed by atoms with van der Waals surface area (Å²) in [6, 6.07) is 16.5. The lowest BCUT2D eigenvalue weighted by molar-refractivity contribution is 0.0938. The second-order valence-electron chi connectivity index (χ2n) is 7.01. The Balaban J connectivity index is 1.74. The summed E-state index contributed by atoms with van der Waals surface area (Å²) in [5.74, 6) is -0.0445. The number of hydrogen-bond acceptors (Lipinski definition) is 4. The van der Waals surface area contributed by atoms with Gasteiger partial charge in [-0.05, 0) is 37.1 Å². The third-order valence-electron chi connectivity index (χ3n) is 4.13. The Morgan fingerprint density at radius 2 is 1.68 bits per heavy atom. The molecule has 146 valence electrons. The van der Waals surface area contributed by atoms with Gasteiger partial charge in [0.2, 0.25) is 5.89 Å². The molecule has 6 heteroatoms. The van der Waals surface area contributed by atoms with Gasteiger partial charge in [0.1, 0.15) is 12.1 Å². The van der Waals surface area contributed by atoms with Crippen molar-refractivity contribution in [2.24, 2.45) is 0 Å². The van der Waals surface area contributed by atoms with Crippen LogP contribution in [0.2, 0.25) is 0 Å². The highest BCUT2D eigenvalue weighted by molar-refractivity contribution is 5.92. The zero-order valence-electron chi connectivity index (χ0n) is 16.1. The van der Waals surface area contributed by atoms with Crippen molar-refractivity contribution in [1.82, 2.24) is 15.2 Å². The van der Waals surface area contributed by atoms with Gasteiger partial charge in [0.15, 0.2) is 5.69 Å². The number of aromatic nitrogens is 1. The second kappa shape index (κ2) is 9.28. The molecule has 0 saturated carbocycles. The van der Waals surface area contributed by atoms with Gasteiger partial charge in [-0.15, -0.1) is 0 Å². The van der Waals surface area contributed by atoms with Crippen molar-refractivity contribution in [3.63, 3.8) is 0 Å². The molecule has 1 N–H and O–H groups in total. The first-order valence-electron chi connectivity index (χ1n) is 9.25. The maximum absolute atomic E-state index is 13.2. The van der Waals surface area contributed by atoms with Crippen molar-refractivity contribution in [1.29, 1.82) is 0 Å². The first-order valence-corrected chi connectivity index (χ1v) is 9.25. The van der Waals surface area contributed by atoms with Crippen LogP contribution in [0.1, 0.15) is 41.4 Å². The van der Waals surface area contributed by atoms with E-state index in [9.17, 15) is 9.18 Å². The summed E-state index contributed by atoms with van der Waals surface area (Å²) in [7, 11) is 0. The lowest BCUT2D eigenvalue weighted by Gasteiger charge is -2.21. The minimum absolute atomic E-state index is 0.0284. The van der Waals surface area contributed by atoms with E-state index in [1.807, 2.05) is 32.0 Å². The molecule has 28 heavy (non-hydrogen) atoms. The van der Waals surface area contributed by atoms with Gasteiger partial charge >= 0.3 is 0 Å². The second-order valence-corrected chi connectivity index (χ2v) is 7.01. The predicted molar refractivity (Wildman–Crippen MR) is 105 cm³/mol. The van der Waals surface area contributed by atoms with E-state index in [4.69, 9.17) is 4.42 Å². The molecule has 0 saturated heterocycles. The molecule has 0 spiro atoms. The Labute approximate surface area is 164 Å². The first kappa shape index (κ1) is 19.8. The molecule has 1 heterocycles. The molecule has 0 radical (unpaired) electrons. The molecule has 0 aliphatic heterocycles. The zero-order valence-corrected chi connectivity index (χ0v) is 16.1. The standard InChI is InChI=1S/C22H24FN3O2/c1-16(2)24-22(27)20-15-28-21(25-20)14-26(12-17-6-4-3-5-7-17)13-18-8-10-19(23)11-9-18/h3-11,15-16H,12-14H2,1-2H3,(H,24,27). The van der Waals surface area contributed by atoms with Crippen LogP contribution in [0.5, 0.6) is 0 Å². The lowest BCUT2D eigenvalue weighted by Crippen LogP contribution is -2.30. The zero-order chi connectivity index (χ0) is 19.9. The van der Waals surface area contributed by atoms with E-state index in [-0.39, 0.29) is 23.5 Å². The number of carbonyl (C=O) groups is 1. The maximum atomic E-state index is 13.2. The molecule has 0 aliphatic rings. The molecule has 5 nitrogen and oxygen atoms in total. The van der Waals surface area contributed by atoms with Crippen LogP contribution in [0, 0.1) is 5.82 Å².